The number of nitrogens with two attached hydrogens (primary N) is 1. The van der Waals surface area contributed by atoms with Gasteiger partial charge in [0.15, 0.2) is 9.84 Å². The first kappa shape index (κ1) is 12.8. The molecule has 0 aromatic carbocycles. The Morgan fingerprint density at radius 3 is 2.47 bits per heavy atom. The number of rotatable bonds is 2. The highest BCUT2D eigenvalue weighted by Crippen LogP contribution is 2.21. The van der Waals surface area contributed by atoms with Gasteiger partial charge in [-0.3, -0.25) is 4.79 Å². The number of carbonyl (C=O) groups excluding carboxylic acids is 1. The summed E-state index contributed by atoms with van der Waals surface area (Å²) in [5.41, 5.74) is 5.95. The molecule has 3 N–H and O–H groups in total. The largest absolute Gasteiger partial charge is 0.352 e. The summed E-state index contributed by atoms with van der Waals surface area (Å²) in [6.45, 7) is 0. The summed E-state index contributed by atoms with van der Waals surface area (Å²) in [6.07, 6.45) is 4.50. The third-order valence-electron chi connectivity index (χ3n) is 3.75. The molecule has 1 unspecified atom stereocenters. The van der Waals surface area contributed by atoms with Crippen LogP contribution in [0.15, 0.2) is 0 Å². The van der Waals surface area contributed by atoms with E-state index in [9.17, 15) is 13.2 Å². The predicted molar refractivity (Wildman–Crippen MR) is 65.1 cm³/mol. The van der Waals surface area contributed by atoms with Crippen molar-refractivity contribution in [3.8, 4) is 0 Å². The molecule has 2 rings (SSSR count). The first-order valence-corrected chi connectivity index (χ1v) is 8.06. The maximum Gasteiger partial charge on any atom is 0.224 e. The quantitative estimate of drug-likeness (QED) is 0.720. The Hall–Kier alpha value is -0.620. The maximum atomic E-state index is 11.9. The SMILES string of the molecule is N[C@@H]1CCCC[C@H]1NC(=O)C1CCS(=O)(=O)C1. The van der Waals surface area contributed by atoms with E-state index in [0.717, 1.165) is 25.7 Å². The summed E-state index contributed by atoms with van der Waals surface area (Å²) in [6, 6.07) is 0.0465. The molecule has 5 nitrogen and oxygen atoms in total. The lowest BCUT2D eigenvalue weighted by molar-refractivity contribution is -0.125. The summed E-state index contributed by atoms with van der Waals surface area (Å²) >= 11 is 0. The monoisotopic (exact) mass is 260 g/mol. The number of amides is 1. The van der Waals surface area contributed by atoms with Crippen molar-refractivity contribution in [1.29, 1.82) is 0 Å². The fourth-order valence-electron chi connectivity index (χ4n) is 2.64. The van der Waals surface area contributed by atoms with Gasteiger partial charge in [-0.25, -0.2) is 8.42 Å². The fraction of sp³-hybridized carbons (Fsp3) is 0.909. The lowest BCUT2D eigenvalue weighted by Gasteiger charge is -2.30. The number of sulfone groups is 1. The minimum Gasteiger partial charge on any atom is -0.352 e. The van der Waals surface area contributed by atoms with Crippen molar-refractivity contribution in [2.45, 2.75) is 44.2 Å². The van der Waals surface area contributed by atoms with E-state index in [2.05, 4.69) is 5.32 Å². The van der Waals surface area contributed by atoms with Crippen LogP contribution < -0.4 is 11.1 Å². The van der Waals surface area contributed by atoms with Gasteiger partial charge in [0.05, 0.1) is 17.4 Å². The molecule has 1 saturated carbocycles. The lowest BCUT2D eigenvalue weighted by atomic mass is 9.90. The van der Waals surface area contributed by atoms with Crippen molar-refractivity contribution in [2.24, 2.45) is 11.7 Å². The summed E-state index contributed by atoms with van der Waals surface area (Å²) in [4.78, 5) is 11.9. The molecule has 0 aromatic heterocycles. The highest BCUT2D eigenvalue weighted by atomic mass is 32.2. The third kappa shape index (κ3) is 3.19. The molecule has 0 spiro atoms. The Bertz CT molecular complexity index is 394. The van der Waals surface area contributed by atoms with Gasteiger partial charge in [-0.15, -0.1) is 0 Å². The van der Waals surface area contributed by atoms with Crippen LogP contribution in [0.2, 0.25) is 0 Å². The number of nitrogens with one attached hydrogen (secondary N) is 1. The molecule has 1 aliphatic heterocycles. The Morgan fingerprint density at radius 2 is 1.88 bits per heavy atom. The molecule has 98 valence electrons. The normalized spacial score (nSPS) is 36.6. The zero-order valence-corrected chi connectivity index (χ0v) is 10.7. The molecule has 0 bridgehead atoms. The standard InChI is InChI=1S/C11H20N2O3S/c12-9-3-1-2-4-10(9)13-11(14)8-5-6-17(15,16)7-8/h8-10H,1-7,12H2,(H,13,14)/t8?,9-,10-/m1/s1. The van der Waals surface area contributed by atoms with E-state index >= 15 is 0 Å². The average molecular weight is 260 g/mol. The summed E-state index contributed by atoms with van der Waals surface area (Å²) in [7, 11) is -2.99. The van der Waals surface area contributed by atoms with Gasteiger partial charge in [-0.1, -0.05) is 12.8 Å². The van der Waals surface area contributed by atoms with Gasteiger partial charge in [-0.2, -0.15) is 0 Å². The van der Waals surface area contributed by atoms with Gasteiger partial charge in [0.1, 0.15) is 0 Å². The van der Waals surface area contributed by atoms with Crippen molar-refractivity contribution in [3.05, 3.63) is 0 Å². The minimum absolute atomic E-state index is 0.000785. The zero-order chi connectivity index (χ0) is 12.5. The Kier molecular flexibility index (Phi) is 3.73. The molecular formula is C11H20N2O3S. The summed E-state index contributed by atoms with van der Waals surface area (Å²) in [5.74, 6) is -0.356. The second-order valence-electron chi connectivity index (χ2n) is 5.16. The van der Waals surface area contributed by atoms with Crippen LogP contribution in [0.5, 0.6) is 0 Å². The smallest absolute Gasteiger partial charge is 0.224 e. The van der Waals surface area contributed by atoms with E-state index < -0.39 is 9.84 Å². The van der Waals surface area contributed by atoms with Crippen LogP contribution in [0.25, 0.3) is 0 Å². The van der Waals surface area contributed by atoms with Gasteiger partial charge in [-0.05, 0) is 19.3 Å². The van der Waals surface area contributed by atoms with Crippen LogP contribution in [0.3, 0.4) is 0 Å². The number of hydrogen-bond acceptors (Lipinski definition) is 4. The van der Waals surface area contributed by atoms with Gasteiger partial charge >= 0.3 is 0 Å². The van der Waals surface area contributed by atoms with Crippen LogP contribution in [0.1, 0.15) is 32.1 Å². The Balaban J connectivity index is 1.89. The van der Waals surface area contributed by atoms with Gasteiger partial charge in [0.2, 0.25) is 5.91 Å². The fourth-order valence-corrected chi connectivity index (χ4v) is 4.38. The molecule has 17 heavy (non-hydrogen) atoms. The molecule has 2 fully saturated rings. The van der Waals surface area contributed by atoms with Crippen molar-refractivity contribution in [2.75, 3.05) is 11.5 Å². The Morgan fingerprint density at radius 1 is 1.18 bits per heavy atom. The molecule has 1 heterocycles. The maximum absolute atomic E-state index is 11.9. The first-order valence-electron chi connectivity index (χ1n) is 6.24. The molecule has 6 heteroatoms. The van der Waals surface area contributed by atoms with E-state index in [-0.39, 0.29) is 35.4 Å². The van der Waals surface area contributed by atoms with Crippen LogP contribution in [-0.4, -0.2) is 37.9 Å². The van der Waals surface area contributed by atoms with Crippen molar-refractivity contribution >= 4 is 15.7 Å². The molecular weight excluding hydrogens is 240 g/mol. The second kappa shape index (κ2) is 4.94. The molecule has 2 aliphatic rings. The molecule has 3 atom stereocenters. The number of carbonyl (C=O) groups is 1. The van der Waals surface area contributed by atoms with Crippen LogP contribution in [0.4, 0.5) is 0 Å². The lowest BCUT2D eigenvalue weighted by Crippen LogP contribution is -2.50. The number of hydrogen-bond donors (Lipinski definition) is 2. The van der Waals surface area contributed by atoms with Gasteiger partial charge < -0.3 is 11.1 Å². The van der Waals surface area contributed by atoms with Crippen molar-refractivity contribution in [3.63, 3.8) is 0 Å². The van der Waals surface area contributed by atoms with E-state index in [1.807, 2.05) is 0 Å². The zero-order valence-electron chi connectivity index (χ0n) is 9.89. The van der Waals surface area contributed by atoms with E-state index in [4.69, 9.17) is 5.73 Å². The molecule has 1 amide bonds. The topological polar surface area (TPSA) is 89.3 Å². The second-order valence-corrected chi connectivity index (χ2v) is 7.39. The van der Waals surface area contributed by atoms with E-state index in [1.54, 1.807) is 0 Å². The molecule has 1 aliphatic carbocycles. The molecule has 0 radical (unpaired) electrons. The average Bonchev–Trinajstić information content (AvgIpc) is 2.62. The summed E-state index contributed by atoms with van der Waals surface area (Å²) in [5, 5.41) is 2.92. The van der Waals surface area contributed by atoms with E-state index in [0.29, 0.717) is 6.42 Å². The van der Waals surface area contributed by atoms with Gasteiger partial charge in [0.25, 0.3) is 0 Å². The third-order valence-corrected chi connectivity index (χ3v) is 5.52. The highest BCUT2D eigenvalue weighted by molar-refractivity contribution is 7.91. The van der Waals surface area contributed by atoms with Crippen LogP contribution in [-0.2, 0) is 14.6 Å². The predicted octanol–water partition coefficient (Wildman–Crippen LogP) is -0.193. The van der Waals surface area contributed by atoms with Crippen molar-refractivity contribution in [1.82, 2.24) is 5.32 Å². The van der Waals surface area contributed by atoms with Crippen LogP contribution >= 0.6 is 0 Å². The highest BCUT2D eigenvalue weighted by Gasteiger charge is 2.34. The van der Waals surface area contributed by atoms with Crippen molar-refractivity contribution < 1.29 is 13.2 Å². The van der Waals surface area contributed by atoms with Gasteiger partial charge in [0, 0.05) is 12.1 Å². The molecule has 0 aromatic rings. The molecule has 1 saturated heterocycles. The minimum atomic E-state index is -2.99. The van der Waals surface area contributed by atoms with E-state index in [1.165, 1.54) is 0 Å². The van der Waals surface area contributed by atoms with Crippen LogP contribution in [0, 0.1) is 5.92 Å². The summed E-state index contributed by atoms with van der Waals surface area (Å²) < 4.78 is 22.6. The first-order chi connectivity index (χ1) is 7.98. The Labute approximate surface area is 102 Å².